The molecular formula is C12H18N6O. The number of hydrogen-bond acceptors (Lipinski definition) is 5. The zero-order valence-electron chi connectivity index (χ0n) is 11.0. The van der Waals surface area contributed by atoms with Crippen LogP contribution in [0, 0.1) is 12.8 Å². The number of anilines is 1. The lowest BCUT2D eigenvalue weighted by atomic mass is 9.98. The van der Waals surface area contributed by atoms with E-state index in [-0.39, 0.29) is 5.69 Å². The third-order valence-electron chi connectivity index (χ3n) is 3.73. The van der Waals surface area contributed by atoms with Crippen LogP contribution < -0.4 is 16.3 Å². The minimum Gasteiger partial charge on any atom is -0.356 e. The number of rotatable bonds is 2. The van der Waals surface area contributed by atoms with Gasteiger partial charge in [0.25, 0.3) is 0 Å². The molecule has 19 heavy (non-hydrogen) atoms. The molecule has 1 fully saturated rings. The van der Waals surface area contributed by atoms with E-state index < -0.39 is 0 Å². The van der Waals surface area contributed by atoms with Crippen LogP contribution in [0.4, 0.5) is 5.82 Å². The largest absolute Gasteiger partial charge is 0.356 e. The Bertz CT molecular complexity index is 645. The molecule has 0 aromatic carbocycles. The maximum atomic E-state index is 11.6. The highest BCUT2D eigenvalue weighted by molar-refractivity contribution is 5.51. The number of piperidine rings is 1. The minimum atomic E-state index is -0.245. The molecule has 1 saturated heterocycles. The first-order valence-electron chi connectivity index (χ1n) is 6.59. The normalized spacial score (nSPS) is 20.1. The summed E-state index contributed by atoms with van der Waals surface area (Å²) in [5.74, 6) is 2.05. The number of aryl methyl sites for hydroxylation is 1. The van der Waals surface area contributed by atoms with Crippen molar-refractivity contribution in [2.45, 2.75) is 19.8 Å². The van der Waals surface area contributed by atoms with E-state index in [1.807, 2.05) is 13.0 Å². The lowest BCUT2D eigenvalue weighted by Crippen LogP contribution is -2.39. The molecule has 0 radical (unpaired) electrons. The third kappa shape index (κ3) is 2.10. The van der Waals surface area contributed by atoms with Crippen LogP contribution in [0.15, 0.2) is 10.9 Å². The van der Waals surface area contributed by atoms with Crippen LogP contribution in [-0.2, 0) is 0 Å². The molecule has 1 atom stereocenters. The van der Waals surface area contributed by atoms with Crippen molar-refractivity contribution in [2.24, 2.45) is 11.7 Å². The maximum Gasteiger partial charge on any atom is 0.349 e. The van der Waals surface area contributed by atoms with Crippen LogP contribution >= 0.6 is 0 Å². The molecule has 2 aromatic heterocycles. The molecule has 7 heteroatoms. The van der Waals surface area contributed by atoms with Gasteiger partial charge in [0.1, 0.15) is 11.6 Å². The molecule has 0 saturated carbocycles. The summed E-state index contributed by atoms with van der Waals surface area (Å²) in [6.07, 6.45) is 2.30. The van der Waals surface area contributed by atoms with Crippen molar-refractivity contribution >= 4 is 11.5 Å². The van der Waals surface area contributed by atoms with E-state index in [2.05, 4.69) is 20.1 Å². The molecule has 3 heterocycles. The summed E-state index contributed by atoms with van der Waals surface area (Å²) in [5, 5.41) is 6.45. The van der Waals surface area contributed by atoms with E-state index in [1.54, 1.807) is 0 Å². The predicted octanol–water partition coefficient (Wildman–Crippen LogP) is -0.0989. The standard InChI is InChI=1S/C12H18N6O/c1-8-14-10(5-11-15-16-12(19)18(8)11)17-4-2-3-9(6-13)7-17/h5,9H,2-4,6-7,13H2,1H3,(H,16,19). The van der Waals surface area contributed by atoms with Crippen molar-refractivity contribution in [3.63, 3.8) is 0 Å². The molecule has 3 rings (SSSR count). The summed E-state index contributed by atoms with van der Waals surface area (Å²) in [4.78, 5) is 18.3. The number of nitrogens with one attached hydrogen (secondary N) is 1. The predicted molar refractivity (Wildman–Crippen MR) is 72.3 cm³/mol. The average Bonchev–Trinajstić information content (AvgIpc) is 2.81. The van der Waals surface area contributed by atoms with Crippen LogP contribution in [0.3, 0.4) is 0 Å². The highest BCUT2D eigenvalue weighted by atomic mass is 16.1. The minimum absolute atomic E-state index is 0.245. The maximum absolute atomic E-state index is 11.6. The fourth-order valence-electron chi connectivity index (χ4n) is 2.71. The smallest absolute Gasteiger partial charge is 0.349 e. The van der Waals surface area contributed by atoms with Gasteiger partial charge < -0.3 is 10.6 Å². The zero-order chi connectivity index (χ0) is 13.4. The SMILES string of the molecule is Cc1nc(N2CCCC(CN)C2)cc2n[nH]c(=O)n12. The average molecular weight is 262 g/mol. The Balaban J connectivity index is 1.98. The molecule has 7 nitrogen and oxygen atoms in total. The number of fused-ring (bicyclic) bond motifs is 1. The lowest BCUT2D eigenvalue weighted by Gasteiger charge is -2.33. The highest BCUT2D eigenvalue weighted by Crippen LogP contribution is 2.21. The van der Waals surface area contributed by atoms with Crippen LogP contribution in [0.5, 0.6) is 0 Å². The quantitative estimate of drug-likeness (QED) is 0.788. The van der Waals surface area contributed by atoms with E-state index in [4.69, 9.17) is 5.73 Å². The summed E-state index contributed by atoms with van der Waals surface area (Å²) in [5.41, 5.74) is 6.13. The Hall–Kier alpha value is -1.89. The second kappa shape index (κ2) is 4.65. The molecule has 0 spiro atoms. The fourth-order valence-corrected chi connectivity index (χ4v) is 2.71. The topological polar surface area (TPSA) is 92.3 Å². The number of nitrogens with two attached hydrogens (primary N) is 1. The van der Waals surface area contributed by atoms with Crippen molar-refractivity contribution < 1.29 is 0 Å². The Labute approximate surface area is 110 Å². The van der Waals surface area contributed by atoms with Gasteiger partial charge in [0, 0.05) is 19.2 Å². The first-order valence-corrected chi connectivity index (χ1v) is 6.59. The molecule has 0 aliphatic carbocycles. The van der Waals surface area contributed by atoms with Gasteiger partial charge in [-0.25, -0.2) is 19.3 Å². The van der Waals surface area contributed by atoms with Crippen molar-refractivity contribution in [2.75, 3.05) is 24.5 Å². The third-order valence-corrected chi connectivity index (χ3v) is 3.73. The van der Waals surface area contributed by atoms with Crippen LogP contribution in [0.2, 0.25) is 0 Å². The molecule has 0 amide bonds. The Kier molecular flexibility index (Phi) is 2.98. The molecule has 0 bridgehead atoms. The van der Waals surface area contributed by atoms with E-state index in [9.17, 15) is 4.79 Å². The molecule has 1 aliphatic heterocycles. The van der Waals surface area contributed by atoms with Gasteiger partial charge in [-0.1, -0.05) is 0 Å². The van der Waals surface area contributed by atoms with E-state index in [0.717, 1.165) is 25.3 Å². The van der Waals surface area contributed by atoms with Crippen LogP contribution in [0.1, 0.15) is 18.7 Å². The van der Waals surface area contributed by atoms with Gasteiger partial charge in [-0.15, -0.1) is 0 Å². The van der Waals surface area contributed by atoms with Gasteiger partial charge in [-0.3, -0.25) is 0 Å². The van der Waals surface area contributed by atoms with Gasteiger partial charge in [0.15, 0.2) is 5.65 Å². The molecular weight excluding hydrogens is 244 g/mol. The van der Waals surface area contributed by atoms with Crippen LogP contribution in [0.25, 0.3) is 5.65 Å². The van der Waals surface area contributed by atoms with Gasteiger partial charge in [0.2, 0.25) is 0 Å². The first-order chi connectivity index (χ1) is 9.19. The molecule has 102 valence electrons. The summed E-state index contributed by atoms with van der Waals surface area (Å²) >= 11 is 0. The molecule has 3 N–H and O–H groups in total. The Morgan fingerprint density at radius 1 is 1.58 bits per heavy atom. The molecule has 1 aliphatic rings. The number of aromatic amines is 1. The Morgan fingerprint density at radius 3 is 3.21 bits per heavy atom. The van der Waals surface area contributed by atoms with Crippen molar-refractivity contribution in [3.8, 4) is 0 Å². The number of hydrogen-bond donors (Lipinski definition) is 2. The summed E-state index contributed by atoms with van der Waals surface area (Å²) < 4.78 is 1.48. The van der Waals surface area contributed by atoms with Crippen LogP contribution in [-0.4, -0.2) is 39.2 Å². The first kappa shape index (κ1) is 12.2. The van der Waals surface area contributed by atoms with E-state index in [1.165, 1.54) is 10.8 Å². The Morgan fingerprint density at radius 2 is 2.42 bits per heavy atom. The van der Waals surface area contributed by atoms with Gasteiger partial charge in [0.05, 0.1) is 0 Å². The lowest BCUT2D eigenvalue weighted by molar-refractivity contribution is 0.421. The number of H-pyrrole nitrogens is 1. The fraction of sp³-hybridized carbons (Fsp3) is 0.583. The summed E-state index contributed by atoms with van der Waals surface area (Å²) in [7, 11) is 0. The van der Waals surface area contributed by atoms with Gasteiger partial charge >= 0.3 is 5.69 Å². The van der Waals surface area contributed by atoms with Crippen molar-refractivity contribution in [3.05, 3.63) is 22.4 Å². The van der Waals surface area contributed by atoms with E-state index >= 15 is 0 Å². The monoisotopic (exact) mass is 262 g/mol. The van der Waals surface area contributed by atoms with Crippen molar-refractivity contribution in [1.29, 1.82) is 0 Å². The highest BCUT2D eigenvalue weighted by Gasteiger charge is 2.21. The summed E-state index contributed by atoms with van der Waals surface area (Å²) in [6.45, 7) is 4.43. The van der Waals surface area contributed by atoms with Crippen molar-refractivity contribution in [1.82, 2.24) is 19.6 Å². The molecule has 2 aromatic rings. The van der Waals surface area contributed by atoms with Gasteiger partial charge in [-0.05, 0) is 32.2 Å². The van der Waals surface area contributed by atoms with E-state index in [0.29, 0.717) is 23.9 Å². The number of aromatic nitrogens is 4. The summed E-state index contributed by atoms with van der Waals surface area (Å²) in [6, 6.07) is 1.85. The van der Waals surface area contributed by atoms with Gasteiger partial charge in [-0.2, -0.15) is 5.10 Å². The number of nitrogens with zero attached hydrogens (tertiary/aromatic N) is 4. The second-order valence-electron chi connectivity index (χ2n) is 5.07. The zero-order valence-corrected chi connectivity index (χ0v) is 11.0. The second-order valence-corrected chi connectivity index (χ2v) is 5.07. The molecule has 1 unspecified atom stereocenters.